The molecule has 0 spiro atoms. The van der Waals surface area contributed by atoms with Gasteiger partial charge in [0.15, 0.2) is 17.5 Å². The molecule has 1 fully saturated rings. The molecule has 3 rings (SSSR count). The zero-order valence-corrected chi connectivity index (χ0v) is 17.5. The molecule has 0 amide bonds. The first kappa shape index (κ1) is 21.7. The van der Waals surface area contributed by atoms with Crippen LogP contribution in [0.5, 0.6) is 11.5 Å². The Balaban J connectivity index is 1.56. The highest BCUT2D eigenvalue weighted by Crippen LogP contribution is 2.28. The summed E-state index contributed by atoms with van der Waals surface area (Å²) < 4.78 is 38.1. The number of anilines is 1. The van der Waals surface area contributed by atoms with E-state index in [1.54, 1.807) is 14.2 Å². The number of nitrogens with zero attached hydrogens (tertiary/aromatic N) is 2. The van der Waals surface area contributed by atoms with Gasteiger partial charge in [0.25, 0.3) is 0 Å². The first-order valence-electron chi connectivity index (χ1n) is 10.0. The Kier molecular flexibility index (Phi) is 7.32. The molecule has 0 saturated carbocycles. The molecule has 1 aliphatic rings. The quantitative estimate of drug-likeness (QED) is 0.534. The van der Waals surface area contributed by atoms with Crippen LogP contribution in [0.15, 0.2) is 41.4 Å². The van der Waals surface area contributed by atoms with Crippen LogP contribution in [-0.2, 0) is 6.54 Å². The molecule has 162 valence electrons. The second-order valence-electron chi connectivity index (χ2n) is 7.02. The third-order valence-electron chi connectivity index (χ3n) is 4.99. The van der Waals surface area contributed by atoms with Gasteiger partial charge < -0.3 is 25.0 Å². The Morgan fingerprint density at radius 3 is 2.73 bits per heavy atom. The van der Waals surface area contributed by atoms with Crippen LogP contribution in [0.3, 0.4) is 0 Å². The van der Waals surface area contributed by atoms with Gasteiger partial charge in [0.05, 0.1) is 19.4 Å². The smallest absolute Gasteiger partial charge is 0.191 e. The summed E-state index contributed by atoms with van der Waals surface area (Å²) in [6, 6.07) is 9.58. The predicted molar refractivity (Wildman–Crippen MR) is 114 cm³/mol. The minimum absolute atomic E-state index is 0.107. The number of hydrogen-bond acceptors (Lipinski definition) is 4. The third-order valence-corrected chi connectivity index (χ3v) is 4.99. The van der Waals surface area contributed by atoms with E-state index in [1.165, 1.54) is 12.1 Å². The number of nitrogens with one attached hydrogen (secondary N) is 2. The van der Waals surface area contributed by atoms with Crippen LogP contribution in [0, 0.1) is 11.6 Å². The van der Waals surface area contributed by atoms with E-state index in [-0.39, 0.29) is 6.04 Å². The van der Waals surface area contributed by atoms with Crippen LogP contribution in [-0.4, -0.2) is 45.9 Å². The molecule has 8 heteroatoms. The highest BCUT2D eigenvalue weighted by Gasteiger charge is 2.25. The van der Waals surface area contributed by atoms with Crippen molar-refractivity contribution in [2.24, 2.45) is 4.99 Å². The summed E-state index contributed by atoms with van der Waals surface area (Å²) in [5.74, 6) is 0.955. The molecule has 0 aliphatic carbocycles. The first-order chi connectivity index (χ1) is 14.5. The molecule has 1 atom stereocenters. The zero-order chi connectivity index (χ0) is 21.5. The number of halogens is 2. The highest BCUT2D eigenvalue weighted by molar-refractivity contribution is 5.80. The summed E-state index contributed by atoms with van der Waals surface area (Å²) in [5.41, 5.74) is 1.45. The maximum Gasteiger partial charge on any atom is 0.191 e. The van der Waals surface area contributed by atoms with E-state index >= 15 is 0 Å². The zero-order valence-electron chi connectivity index (χ0n) is 17.5. The van der Waals surface area contributed by atoms with Crippen molar-refractivity contribution in [2.75, 3.05) is 38.8 Å². The Hall–Kier alpha value is -3.03. The number of hydrogen-bond donors (Lipinski definition) is 2. The van der Waals surface area contributed by atoms with Crippen LogP contribution < -0.4 is 25.0 Å². The Labute approximate surface area is 175 Å². The lowest BCUT2D eigenvalue weighted by molar-refractivity contribution is 0.310. The lowest BCUT2D eigenvalue weighted by Gasteiger charge is -2.21. The largest absolute Gasteiger partial charge is 0.493 e. The minimum atomic E-state index is -0.569. The number of rotatable bonds is 7. The molecule has 2 aromatic carbocycles. The second-order valence-corrected chi connectivity index (χ2v) is 7.02. The topological polar surface area (TPSA) is 58.1 Å². The van der Waals surface area contributed by atoms with Crippen LogP contribution >= 0.6 is 0 Å². The molecule has 2 aromatic rings. The maximum atomic E-state index is 14.1. The Bertz CT molecular complexity index is 891. The summed E-state index contributed by atoms with van der Waals surface area (Å²) in [5, 5.41) is 6.67. The van der Waals surface area contributed by atoms with Gasteiger partial charge in [-0.1, -0.05) is 6.07 Å². The molecule has 30 heavy (non-hydrogen) atoms. The first-order valence-corrected chi connectivity index (χ1v) is 10.0. The van der Waals surface area contributed by atoms with E-state index in [4.69, 9.17) is 9.47 Å². The lowest BCUT2D eigenvalue weighted by atomic mass is 10.2. The van der Waals surface area contributed by atoms with Gasteiger partial charge in [0.2, 0.25) is 0 Å². The van der Waals surface area contributed by atoms with Gasteiger partial charge in [0.1, 0.15) is 11.6 Å². The van der Waals surface area contributed by atoms with Crippen molar-refractivity contribution in [3.63, 3.8) is 0 Å². The molecule has 0 radical (unpaired) electrons. The number of benzene rings is 2. The minimum Gasteiger partial charge on any atom is -0.493 e. The van der Waals surface area contributed by atoms with Gasteiger partial charge in [-0.25, -0.2) is 8.78 Å². The van der Waals surface area contributed by atoms with Crippen molar-refractivity contribution in [2.45, 2.75) is 25.9 Å². The van der Waals surface area contributed by atoms with E-state index in [9.17, 15) is 8.78 Å². The van der Waals surface area contributed by atoms with Gasteiger partial charge in [-0.15, -0.1) is 0 Å². The maximum absolute atomic E-state index is 14.1. The van der Waals surface area contributed by atoms with Crippen molar-refractivity contribution in [3.8, 4) is 11.5 Å². The van der Waals surface area contributed by atoms with Crippen LogP contribution in [0.4, 0.5) is 14.5 Å². The van der Waals surface area contributed by atoms with Gasteiger partial charge in [-0.05, 0) is 43.2 Å². The molecule has 1 unspecified atom stereocenters. The molecular weight excluding hydrogens is 390 g/mol. The van der Waals surface area contributed by atoms with E-state index in [0.717, 1.165) is 18.1 Å². The molecule has 2 N–H and O–H groups in total. The second kappa shape index (κ2) is 10.1. The van der Waals surface area contributed by atoms with Crippen LogP contribution in [0.2, 0.25) is 0 Å². The molecular formula is C22H28F2N4O2. The lowest BCUT2D eigenvalue weighted by Crippen LogP contribution is -2.44. The standard InChI is InChI=1S/C22H28F2N4O2/c1-4-30-21-11-15(5-8-20(21)29-3)13-26-22(25-2)27-17-9-10-28(14-17)19-7-6-16(23)12-18(19)24/h5-8,11-12,17H,4,9-10,13-14H2,1-3H3,(H2,25,26,27). The average Bonchev–Trinajstić information content (AvgIpc) is 3.19. The van der Waals surface area contributed by atoms with E-state index in [0.29, 0.717) is 49.4 Å². The van der Waals surface area contributed by atoms with E-state index in [2.05, 4.69) is 15.6 Å². The SMILES string of the molecule is CCOc1cc(CNC(=NC)NC2CCN(c3ccc(F)cc3F)C2)ccc1OC. The fourth-order valence-corrected chi connectivity index (χ4v) is 3.51. The van der Waals surface area contributed by atoms with Crippen molar-refractivity contribution in [3.05, 3.63) is 53.6 Å². The predicted octanol–water partition coefficient (Wildman–Crippen LogP) is 3.32. The normalized spacial score (nSPS) is 16.5. The number of ether oxygens (including phenoxy) is 2. The van der Waals surface area contributed by atoms with Crippen molar-refractivity contribution < 1.29 is 18.3 Å². The molecule has 1 saturated heterocycles. The van der Waals surface area contributed by atoms with Crippen molar-refractivity contribution in [1.82, 2.24) is 10.6 Å². The van der Waals surface area contributed by atoms with Gasteiger partial charge >= 0.3 is 0 Å². The summed E-state index contributed by atoms with van der Waals surface area (Å²) in [4.78, 5) is 6.20. The molecule has 1 aliphatic heterocycles. The van der Waals surface area contributed by atoms with Crippen molar-refractivity contribution in [1.29, 1.82) is 0 Å². The summed E-state index contributed by atoms with van der Waals surface area (Å²) in [6.45, 7) is 4.35. The molecule has 1 heterocycles. The average molecular weight is 418 g/mol. The van der Waals surface area contributed by atoms with Gasteiger partial charge in [-0.3, -0.25) is 4.99 Å². The van der Waals surface area contributed by atoms with Gasteiger partial charge in [-0.2, -0.15) is 0 Å². The fourth-order valence-electron chi connectivity index (χ4n) is 3.51. The summed E-state index contributed by atoms with van der Waals surface area (Å²) in [6.07, 6.45) is 0.828. The third kappa shape index (κ3) is 5.31. The number of methoxy groups -OCH3 is 1. The summed E-state index contributed by atoms with van der Waals surface area (Å²) in [7, 11) is 3.32. The summed E-state index contributed by atoms with van der Waals surface area (Å²) >= 11 is 0. The van der Waals surface area contributed by atoms with E-state index in [1.807, 2.05) is 30.0 Å². The van der Waals surface area contributed by atoms with Crippen molar-refractivity contribution >= 4 is 11.6 Å². The van der Waals surface area contributed by atoms with E-state index < -0.39 is 11.6 Å². The highest BCUT2D eigenvalue weighted by atomic mass is 19.1. The number of guanidine groups is 1. The Morgan fingerprint density at radius 2 is 2.03 bits per heavy atom. The molecule has 0 bridgehead atoms. The number of aliphatic imine (C=N–C) groups is 1. The molecule has 6 nitrogen and oxygen atoms in total. The monoisotopic (exact) mass is 418 g/mol. The van der Waals surface area contributed by atoms with Gasteiger partial charge in [0, 0.05) is 38.8 Å². The Morgan fingerprint density at radius 1 is 1.20 bits per heavy atom. The van der Waals surface area contributed by atoms with Crippen LogP contribution in [0.25, 0.3) is 0 Å². The van der Waals surface area contributed by atoms with Crippen LogP contribution in [0.1, 0.15) is 18.9 Å². The fraction of sp³-hybridized carbons (Fsp3) is 0.409. The molecule has 0 aromatic heterocycles.